The maximum absolute atomic E-state index is 12.5. The van der Waals surface area contributed by atoms with E-state index in [0.29, 0.717) is 17.2 Å². The highest BCUT2D eigenvalue weighted by Gasteiger charge is 2.24. The van der Waals surface area contributed by atoms with Crippen LogP contribution in [-0.2, 0) is 16.0 Å². The van der Waals surface area contributed by atoms with E-state index in [1.165, 1.54) is 6.07 Å². The van der Waals surface area contributed by atoms with Crippen LogP contribution in [0.15, 0.2) is 103 Å². The summed E-state index contributed by atoms with van der Waals surface area (Å²) in [6, 6.07) is 30.3. The lowest BCUT2D eigenvalue weighted by Gasteiger charge is -2.29. The maximum atomic E-state index is 12.5. The molecule has 0 aliphatic heterocycles. The highest BCUT2D eigenvalue weighted by atomic mass is 16.5. The smallest absolute Gasteiger partial charge is 0.337 e. The van der Waals surface area contributed by atoms with Crippen molar-refractivity contribution in [3.63, 3.8) is 0 Å². The van der Waals surface area contributed by atoms with Crippen LogP contribution in [0.25, 0.3) is 0 Å². The Morgan fingerprint density at radius 1 is 0.682 bits per heavy atom. The first-order valence-corrected chi connectivity index (χ1v) is 14.5. The first kappa shape index (κ1) is 30.2. The fraction of sp³-hybridized carbons (Fsp3) is 0.229. The summed E-state index contributed by atoms with van der Waals surface area (Å²) in [5.74, 6) is 1.17. The number of nitrogens with one attached hydrogen (secondary N) is 2. The Kier molecular flexibility index (Phi) is 10.1. The van der Waals surface area contributed by atoms with Crippen LogP contribution in [0.2, 0.25) is 0 Å². The Morgan fingerprint density at radius 3 is 1.98 bits per heavy atom. The minimum Gasteiger partial charge on any atom is -0.490 e. The lowest BCUT2D eigenvalue weighted by molar-refractivity contribution is -0.124. The van der Waals surface area contributed by atoms with E-state index in [-0.39, 0.29) is 48.2 Å². The largest absolute Gasteiger partial charge is 0.490 e. The molecule has 0 bridgehead atoms. The van der Waals surface area contributed by atoms with Crippen LogP contribution < -0.4 is 24.8 Å². The Balaban J connectivity index is 1.03. The molecule has 1 aliphatic rings. The number of ether oxygens (including phenoxy) is 3. The molecule has 1 aliphatic carbocycles. The average Bonchev–Trinajstić information content (AvgIpc) is 3.03. The van der Waals surface area contributed by atoms with Gasteiger partial charge in [-0.05, 0) is 91.9 Å². The van der Waals surface area contributed by atoms with Gasteiger partial charge in [-0.2, -0.15) is 0 Å². The fourth-order valence-electron chi connectivity index (χ4n) is 5.01. The highest BCUT2D eigenvalue weighted by Crippen LogP contribution is 2.28. The van der Waals surface area contributed by atoms with Gasteiger partial charge in [0.25, 0.3) is 5.91 Å². The summed E-state index contributed by atoms with van der Waals surface area (Å²) in [5.41, 5.74) is 1.07. The van der Waals surface area contributed by atoms with E-state index in [0.717, 1.165) is 37.0 Å². The van der Waals surface area contributed by atoms with Crippen molar-refractivity contribution in [1.82, 2.24) is 5.32 Å². The number of amides is 2. The van der Waals surface area contributed by atoms with E-state index in [1.807, 2.05) is 54.6 Å². The van der Waals surface area contributed by atoms with Gasteiger partial charge in [-0.15, -0.1) is 0 Å². The van der Waals surface area contributed by atoms with Crippen molar-refractivity contribution in [3.8, 4) is 23.0 Å². The third kappa shape index (κ3) is 8.84. The lowest BCUT2D eigenvalue weighted by atomic mass is 9.93. The monoisotopic (exact) mass is 594 g/mol. The van der Waals surface area contributed by atoms with E-state index in [1.54, 1.807) is 42.5 Å². The molecule has 1 saturated carbocycles. The molecule has 1 fully saturated rings. The lowest BCUT2D eigenvalue weighted by Crippen LogP contribution is -2.41. The summed E-state index contributed by atoms with van der Waals surface area (Å²) in [7, 11) is 0. The minimum absolute atomic E-state index is 0.00178. The van der Waals surface area contributed by atoms with Crippen molar-refractivity contribution < 1.29 is 33.7 Å². The molecule has 0 aromatic heterocycles. The van der Waals surface area contributed by atoms with Gasteiger partial charge >= 0.3 is 5.97 Å². The molecule has 44 heavy (non-hydrogen) atoms. The molecule has 0 radical (unpaired) electrons. The SMILES string of the molecule is O=C(Cc1ccc(Oc2ccc(OC3CCC(NC(=O)COc4ccccc4)CC3)cc2)cc1)Nc1ccccc1C(=O)O. The third-order valence-electron chi connectivity index (χ3n) is 7.23. The van der Waals surface area contributed by atoms with Crippen molar-refractivity contribution in [2.45, 2.75) is 44.2 Å². The minimum atomic E-state index is -1.10. The summed E-state index contributed by atoms with van der Waals surface area (Å²) in [6.45, 7) is 0.00178. The Labute approximate surface area is 255 Å². The molecule has 9 nitrogen and oxygen atoms in total. The predicted molar refractivity (Wildman–Crippen MR) is 165 cm³/mol. The zero-order chi connectivity index (χ0) is 30.7. The number of carboxylic acid groups (broad SMARTS) is 1. The molecule has 0 heterocycles. The van der Waals surface area contributed by atoms with Crippen molar-refractivity contribution in [1.29, 1.82) is 0 Å². The molecule has 0 unspecified atom stereocenters. The predicted octanol–water partition coefficient (Wildman–Crippen LogP) is 6.24. The standard InChI is InChI=1S/C35H34N2O7/c38-33(37-32-9-5-4-8-31(32)35(40)41)22-24-10-14-27(15-11-24)43-29-18-20-30(21-19-29)44-28-16-12-25(13-17-28)36-34(39)23-42-26-6-2-1-3-7-26/h1-11,14-15,18-21,25,28H,12-13,16-17,22-23H2,(H,36,39)(H,37,38)(H,40,41). The molecular weight excluding hydrogens is 560 g/mol. The van der Waals surface area contributed by atoms with E-state index in [4.69, 9.17) is 14.2 Å². The Hall–Kier alpha value is -5.31. The van der Waals surface area contributed by atoms with Crippen molar-refractivity contribution >= 4 is 23.5 Å². The average molecular weight is 595 g/mol. The quantitative estimate of drug-likeness (QED) is 0.177. The van der Waals surface area contributed by atoms with Gasteiger partial charge in [0.05, 0.1) is 23.8 Å². The van der Waals surface area contributed by atoms with Crippen molar-refractivity contribution in [2.24, 2.45) is 0 Å². The molecule has 9 heteroatoms. The molecule has 4 aromatic rings. The van der Waals surface area contributed by atoms with Gasteiger partial charge in [0.15, 0.2) is 6.61 Å². The normalized spacial score (nSPS) is 15.9. The van der Waals surface area contributed by atoms with Crippen LogP contribution in [0, 0.1) is 0 Å². The van der Waals surface area contributed by atoms with Crippen LogP contribution in [0.4, 0.5) is 5.69 Å². The number of benzene rings is 4. The Morgan fingerprint density at radius 2 is 1.30 bits per heavy atom. The first-order chi connectivity index (χ1) is 21.4. The van der Waals surface area contributed by atoms with Crippen molar-refractivity contribution in [2.75, 3.05) is 11.9 Å². The molecule has 0 spiro atoms. The molecule has 226 valence electrons. The van der Waals surface area contributed by atoms with Crippen LogP contribution in [0.3, 0.4) is 0 Å². The number of hydrogen-bond acceptors (Lipinski definition) is 6. The Bertz CT molecular complexity index is 1550. The van der Waals surface area contributed by atoms with Gasteiger partial charge in [-0.1, -0.05) is 42.5 Å². The van der Waals surface area contributed by atoms with E-state index >= 15 is 0 Å². The summed E-state index contributed by atoms with van der Waals surface area (Å²) < 4.78 is 17.6. The summed E-state index contributed by atoms with van der Waals surface area (Å²) in [6.07, 6.45) is 3.56. The summed E-state index contributed by atoms with van der Waals surface area (Å²) in [5, 5.41) is 15.0. The molecular formula is C35H34N2O7. The van der Waals surface area contributed by atoms with E-state index < -0.39 is 5.97 Å². The van der Waals surface area contributed by atoms with Crippen LogP contribution >= 0.6 is 0 Å². The number of para-hydroxylation sites is 2. The van der Waals surface area contributed by atoms with E-state index in [2.05, 4.69) is 10.6 Å². The number of anilines is 1. The second kappa shape index (κ2) is 14.7. The highest BCUT2D eigenvalue weighted by molar-refractivity contribution is 6.01. The van der Waals surface area contributed by atoms with Gasteiger partial charge in [0.2, 0.25) is 5.91 Å². The molecule has 3 N–H and O–H groups in total. The number of hydrogen-bond donors (Lipinski definition) is 3. The number of carbonyl (C=O) groups is 3. The molecule has 4 aromatic carbocycles. The second-order valence-corrected chi connectivity index (χ2v) is 10.6. The van der Waals surface area contributed by atoms with Gasteiger partial charge in [-0.3, -0.25) is 9.59 Å². The van der Waals surface area contributed by atoms with Gasteiger partial charge in [0.1, 0.15) is 23.0 Å². The van der Waals surface area contributed by atoms with Crippen LogP contribution in [0.1, 0.15) is 41.6 Å². The van der Waals surface area contributed by atoms with Gasteiger partial charge in [0, 0.05) is 6.04 Å². The zero-order valence-electron chi connectivity index (χ0n) is 24.1. The summed E-state index contributed by atoms with van der Waals surface area (Å²) >= 11 is 0. The second-order valence-electron chi connectivity index (χ2n) is 10.6. The summed E-state index contributed by atoms with van der Waals surface area (Å²) in [4.78, 5) is 36.1. The third-order valence-corrected chi connectivity index (χ3v) is 7.23. The molecule has 0 atom stereocenters. The first-order valence-electron chi connectivity index (χ1n) is 14.5. The number of rotatable bonds is 12. The topological polar surface area (TPSA) is 123 Å². The number of carboxylic acids is 1. The maximum Gasteiger partial charge on any atom is 0.337 e. The zero-order valence-corrected chi connectivity index (χ0v) is 24.1. The number of carbonyl (C=O) groups excluding carboxylic acids is 2. The van der Waals surface area contributed by atoms with Crippen LogP contribution in [-0.4, -0.2) is 41.6 Å². The van der Waals surface area contributed by atoms with Crippen molar-refractivity contribution in [3.05, 3.63) is 114 Å². The van der Waals surface area contributed by atoms with E-state index in [9.17, 15) is 19.5 Å². The van der Waals surface area contributed by atoms with Gasteiger partial charge < -0.3 is 30.0 Å². The van der Waals surface area contributed by atoms with Gasteiger partial charge in [-0.25, -0.2) is 4.79 Å². The number of aromatic carboxylic acids is 1. The van der Waals surface area contributed by atoms with Crippen LogP contribution in [0.5, 0.6) is 23.0 Å². The molecule has 2 amide bonds. The molecule has 5 rings (SSSR count). The fourth-order valence-corrected chi connectivity index (χ4v) is 5.01. The molecule has 0 saturated heterocycles.